The number of hydrogen-bond acceptors (Lipinski definition) is 6. The molecule has 8 heteroatoms. The smallest absolute Gasteiger partial charge is 0.362 e. The molecular formula is C47H86NO7+. The van der Waals surface area contributed by atoms with E-state index in [1.807, 2.05) is 21.1 Å². The summed E-state index contributed by atoms with van der Waals surface area (Å²) in [5.41, 5.74) is 0. The van der Waals surface area contributed by atoms with Crippen molar-refractivity contribution in [2.24, 2.45) is 0 Å². The maximum absolute atomic E-state index is 12.7. The topological polar surface area (TPSA) is 99.1 Å². The van der Waals surface area contributed by atoms with Crippen molar-refractivity contribution >= 4 is 17.9 Å². The third-order valence-electron chi connectivity index (χ3n) is 9.99. The molecule has 0 aromatic carbocycles. The molecule has 320 valence electrons. The third-order valence-corrected chi connectivity index (χ3v) is 9.99. The monoisotopic (exact) mass is 777 g/mol. The number of carboxylic acid groups (broad SMARTS) is 1. The maximum atomic E-state index is 12.7. The molecule has 0 saturated carbocycles. The molecule has 0 aliphatic heterocycles. The van der Waals surface area contributed by atoms with Crippen molar-refractivity contribution in [1.82, 2.24) is 0 Å². The zero-order valence-electron chi connectivity index (χ0n) is 36.4. The Kier molecular flexibility index (Phi) is 36.7. The first-order valence-corrected chi connectivity index (χ1v) is 22.5. The lowest BCUT2D eigenvalue weighted by atomic mass is 10.1. The number of esters is 2. The van der Waals surface area contributed by atoms with E-state index in [1.54, 1.807) is 0 Å². The number of aliphatic carboxylic acids is 1. The number of likely N-dealkylation sites (N-methyl/N-ethyl adjacent to an activating group) is 1. The second-order valence-electron chi connectivity index (χ2n) is 16.3. The van der Waals surface area contributed by atoms with Crippen molar-refractivity contribution in [2.75, 3.05) is 41.0 Å². The van der Waals surface area contributed by atoms with Crippen LogP contribution in [0.4, 0.5) is 0 Å². The fraction of sp³-hybridized carbons (Fsp3) is 0.809. The van der Waals surface area contributed by atoms with Gasteiger partial charge in [0.2, 0.25) is 0 Å². The van der Waals surface area contributed by atoms with Gasteiger partial charge in [0.15, 0.2) is 12.1 Å². The van der Waals surface area contributed by atoms with E-state index in [4.69, 9.17) is 14.2 Å². The van der Waals surface area contributed by atoms with Crippen molar-refractivity contribution in [3.8, 4) is 0 Å². The number of carboxylic acids is 1. The van der Waals surface area contributed by atoms with Gasteiger partial charge in [-0.2, -0.15) is 0 Å². The summed E-state index contributed by atoms with van der Waals surface area (Å²) in [4.78, 5) is 36.9. The SMILES string of the molecule is CCC/C=C\CCCCCCCC(=O)OCC(COCCC(C(=O)O)[N+](C)(C)C)OC(=O)CCCCCCCCCCC/C=C\C/C=C\CCCCCCC. The van der Waals surface area contributed by atoms with Crippen LogP contribution in [-0.2, 0) is 28.6 Å². The number of carbonyl (C=O) groups is 3. The lowest BCUT2D eigenvalue weighted by Gasteiger charge is -2.31. The molecule has 0 amide bonds. The fourth-order valence-corrected chi connectivity index (χ4v) is 6.48. The number of unbranched alkanes of at least 4 members (excludes halogenated alkanes) is 20. The van der Waals surface area contributed by atoms with Crippen molar-refractivity contribution in [3.63, 3.8) is 0 Å². The van der Waals surface area contributed by atoms with E-state index < -0.39 is 18.1 Å². The molecule has 0 aliphatic rings. The minimum atomic E-state index is -0.877. The molecule has 8 nitrogen and oxygen atoms in total. The standard InChI is InChI=1S/C47H85NO7/c1-6-8-10-12-14-16-18-19-20-21-22-23-24-25-26-27-28-30-32-34-36-38-46(50)55-43(41-53-40-39-44(47(51)52)48(3,4)5)42-54-45(49)37-35-33-31-29-17-15-13-11-9-7-2/h11,13,18-19,21-22,43-44H,6-10,12,14-17,20,23-42H2,1-5H3/p+1/b13-11-,19-18-,22-21-. The summed E-state index contributed by atoms with van der Waals surface area (Å²) >= 11 is 0. The Morgan fingerprint density at radius 1 is 0.545 bits per heavy atom. The molecule has 0 fully saturated rings. The van der Waals surface area contributed by atoms with Crippen molar-refractivity contribution in [3.05, 3.63) is 36.5 Å². The molecule has 0 bridgehead atoms. The predicted octanol–water partition coefficient (Wildman–Crippen LogP) is 12.2. The minimum Gasteiger partial charge on any atom is -0.477 e. The normalized spacial score (nSPS) is 13.3. The Hall–Kier alpha value is -2.45. The summed E-state index contributed by atoms with van der Waals surface area (Å²) < 4.78 is 17.2. The van der Waals surface area contributed by atoms with Crippen molar-refractivity contribution in [1.29, 1.82) is 0 Å². The van der Waals surface area contributed by atoms with E-state index in [9.17, 15) is 19.5 Å². The molecule has 0 aliphatic carbocycles. The van der Waals surface area contributed by atoms with Gasteiger partial charge in [0, 0.05) is 19.3 Å². The highest BCUT2D eigenvalue weighted by atomic mass is 16.6. The summed E-state index contributed by atoms with van der Waals surface area (Å²) in [6.45, 7) is 4.65. The Labute approximate surface area is 338 Å². The first-order valence-electron chi connectivity index (χ1n) is 22.5. The number of quaternary nitrogens is 1. The van der Waals surface area contributed by atoms with Crippen LogP contribution in [0.2, 0.25) is 0 Å². The van der Waals surface area contributed by atoms with Crippen LogP contribution in [0.25, 0.3) is 0 Å². The van der Waals surface area contributed by atoms with Gasteiger partial charge in [-0.1, -0.05) is 147 Å². The van der Waals surface area contributed by atoms with E-state index in [1.165, 1.54) is 96.3 Å². The van der Waals surface area contributed by atoms with Crippen LogP contribution in [0.1, 0.15) is 194 Å². The molecule has 0 heterocycles. The molecular weight excluding hydrogens is 691 g/mol. The molecule has 1 N–H and O–H groups in total. The van der Waals surface area contributed by atoms with Crippen LogP contribution in [0, 0.1) is 0 Å². The molecule has 2 atom stereocenters. The molecule has 0 rings (SSSR count). The fourth-order valence-electron chi connectivity index (χ4n) is 6.48. The number of carbonyl (C=O) groups excluding carboxylic acids is 2. The first kappa shape index (κ1) is 52.6. The maximum Gasteiger partial charge on any atom is 0.362 e. The van der Waals surface area contributed by atoms with Crippen LogP contribution >= 0.6 is 0 Å². The molecule has 0 saturated heterocycles. The highest BCUT2D eigenvalue weighted by molar-refractivity contribution is 5.72. The van der Waals surface area contributed by atoms with Gasteiger partial charge < -0.3 is 23.8 Å². The zero-order chi connectivity index (χ0) is 40.7. The summed E-state index contributed by atoms with van der Waals surface area (Å²) in [6, 6.07) is -0.615. The molecule has 0 aromatic rings. The van der Waals surface area contributed by atoms with Crippen LogP contribution < -0.4 is 0 Å². The van der Waals surface area contributed by atoms with Crippen LogP contribution in [0.5, 0.6) is 0 Å². The lowest BCUT2D eigenvalue weighted by Crippen LogP contribution is -2.50. The lowest BCUT2D eigenvalue weighted by molar-refractivity contribution is -0.887. The average molecular weight is 777 g/mol. The van der Waals surface area contributed by atoms with E-state index in [0.29, 0.717) is 19.3 Å². The van der Waals surface area contributed by atoms with E-state index >= 15 is 0 Å². The first-order chi connectivity index (χ1) is 26.6. The van der Waals surface area contributed by atoms with Crippen LogP contribution in [0.15, 0.2) is 36.5 Å². The van der Waals surface area contributed by atoms with Crippen molar-refractivity contribution in [2.45, 2.75) is 206 Å². The second-order valence-corrected chi connectivity index (χ2v) is 16.3. The van der Waals surface area contributed by atoms with Gasteiger partial charge in [0.1, 0.15) is 6.61 Å². The van der Waals surface area contributed by atoms with Gasteiger partial charge in [0.25, 0.3) is 0 Å². The number of hydrogen-bond donors (Lipinski definition) is 1. The molecule has 0 spiro atoms. The number of rotatable bonds is 40. The van der Waals surface area contributed by atoms with Gasteiger partial charge >= 0.3 is 17.9 Å². The van der Waals surface area contributed by atoms with Gasteiger partial charge in [-0.15, -0.1) is 0 Å². The number of allylic oxidation sites excluding steroid dienone is 6. The number of nitrogens with zero attached hydrogens (tertiary/aromatic N) is 1. The Morgan fingerprint density at radius 2 is 1.00 bits per heavy atom. The quantitative estimate of drug-likeness (QED) is 0.0286. The average Bonchev–Trinajstić information content (AvgIpc) is 3.14. The van der Waals surface area contributed by atoms with Crippen LogP contribution in [0.3, 0.4) is 0 Å². The predicted molar refractivity (Wildman–Crippen MR) is 229 cm³/mol. The Balaban J connectivity index is 4.26. The van der Waals surface area contributed by atoms with E-state index in [-0.39, 0.29) is 36.2 Å². The van der Waals surface area contributed by atoms with Gasteiger partial charge in [-0.25, -0.2) is 4.79 Å². The molecule has 0 radical (unpaired) electrons. The zero-order valence-corrected chi connectivity index (χ0v) is 36.4. The largest absolute Gasteiger partial charge is 0.477 e. The van der Waals surface area contributed by atoms with Crippen LogP contribution in [-0.4, -0.2) is 80.6 Å². The number of ether oxygens (including phenoxy) is 3. The highest BCUT2D eigenvalue weighted by Gasteiger charge is 2.31. The van der Waals surface area contributed by atoms with Crippen molar-refractivity contribution < 1.29 is 38.2 Å². The summed E-state index contributed by atoms with van der Waals surface area (Å²) in [5.74, 6) is -1.48. The highest BCUT2D eigenvalue weighted by Crippen LogP contribution is 2.14. The molecule has 0 aromatic heterocycles. The van der Waals surface area contributed by atoms with Gasteiger partial charge in [0.05, 0.1) is 34.4 Å². The molecule has 55 heavy (non-hydrogen) atoms. The minimum absolute atomic E-state index is 0.0562. The Morgan fingerprint density at radius 3 is 1.49 bits per heavy atom. The van der Waals surface area contributed by atoms with Gasteiger partial charge in [-0.05, 0) is 64.2 Å². The van der Waals surface area contributed by atoms with E-state index in [2.05, 4.69) is 50.3 Å². The molecule has 2 unspecified atom stereocenters. The summed E-state index contributed by atoms with van der Waals surface area (Å²) in [7, 11) is 5.52. The summed E-state index contributed by atoms with van der Waals surface area (Å²) in [5, 5.41) is 9.61. The third kappa shape index (κ3) is 36.9. The van der Waals surface area contributed by atoms with E-state index in [0.717, 1.165) is 64.2 Å². The Bertz CT molecular complexity index is 1000. The van der Waals surface area contributed by atoms with Gasteiger partial charge in [-0.3, -0.25) is 9.59 Å². The summed E-state index contributed by atoms with van der Waals surface area (Å²) in [6.07, 6.45) is 43.3. The second kappa shape index (κ2) is 38.4.